The molecule has 0 saturated carbocycles. The van der Waals surface area contributed by atoms with Crippen LogP contribution in [-0.4, -0.2) is 36.2 Å². The van der Waals surface area contributed by atoms with Gasteiger partial charge in [0.15, 0.2) is 0 Å². The van der Waals surface area contributed by atoms with Gasteiger partial charge < -0.3 is 15.2 Å². The van der Waals surface area contributed by atoms with Crippen molar-refractivity contribution in [3.63, 3.8) is 0 Å². The maximum Gasteiger partial charge on any atom is 0.319 e. The molecule has 0 amide bonds. The highest BCUT2D eigenvalue weighted by Crippen LogP contribution is 2.44. The fourth-order valence-electron chi connectivity index (χ4n) is 4.37. The molecule has 4 rings (SSSR count). The zero-order valence-electron chi connectivity index (χ0n) is 17.9. The van der Waals surface area contributed by atoms with E-state index in [1.54, 1.807) is 0 Å². The normalized spacial score (nSPS) is 13.2. The summed E-state index contributed by atoms with van der Waals surface area (Å²) in [5.74, 6) is -1.25. The van der Waals surface area contributed by atoms with Crippen LogP contribution in [0.1, 0.15) is 35.4 Å². The minimum Gasteiger partial charge on any atom is -0.481 e. The molecule has 1 aliphatic carbocycles. The molecule has 32 heavy (non-hydrogen) atoms. The fourth-order valence-corrected chi connectivity index (χ4v) is 4.37. The topological polar surface area (TPSA) is 75.6 Å². The number of carbonyl (C=O) groups is 2. The van der Waals surface area contributed by atoms with Gasteiger partial charge in [-0.1, -0.05) is 78.9 Å². The summed E-state index contributed by atoms with van der Waals surface area (Å²) in [4.78, 5) is 23.7. The van der Waals surface area contributed by atoms with Gasteiger partial charge in [0.25, 0.3) is 0 Å². The van der Waals surface area contributed by atoms with Crippen LogP contribution in [0, 0.1) is 0 Å². The first-order chi connectivity index (χ1) is 15.6. The number of nitrogens with one attached hydrogen (secondary N) is 1. The van der Waals surface area contributed by atoms with Crippen molar-refractivity contribution in [2.45, 2.75) is 31.2 Å². The predicted molar refractivity (Wildman–Crippen MR) is 123 cm³/mol. The molecule has 1 unspecified atom stereocenters. The van der Waals surface area contributed by atoms with Crippen LogP contribution in [0.2, 0.25) is 0 Å². The van der Waals surface area contributed by atoms with Crippen LogP contribution in [0.15, 0.2) is 78.9 Å². The number of esters is 1. The lowest BCUT2D eigenvalue weighted by Gasteiger charge is -2.18. The number of hydrogen-bond donors (Lipinski definition) is 2. The Bertz CT molecular complexity index is 1030. The van der Waals surface area contributed by atoms with E-state index in [0.29, 0.717) is 6.42 Å². The highest BCUT2D eigenvalue weighted by atomic mass is 16.5. The van der Waals surface area contributed by atoms with Gasteiger partial charge in [-0.15, -0.1) is 0 Å². The highest BCUT2D eigenvalue weighted by Gasteiger charge is 2.29. The molecule has 0 saturated heterocycles. The summed E-state index contributed by atoms with van der Waals surface area (Å²) < 4.78 is 5.61. The second kappa shape index (κ2) is 10.2. The summed E-state index contributed by atoms with van der Waals surface area (Å²) in [5.41, 5.74) is 5.85. The molecule has 2 N–H and O–H groups in total. The Labute approximate surface area is 188 Å². The van der Waals surface area contributed by atoms with E-state index in [1.807, 2.05) is 54.6 Å². The molecule has 164 valence electrons. The monoisotopic (exact) mass is 429 g/mol. The van der Waals surface area contributed by atoms with E-state index in [4.69, 9.17) is 4.74 Å². The van der Waals surface area contributed by atoms with Gasteiger partial charge in [0, 0.05) is 12.0 Å². The molecule has 5 nitrogen and oxygen atoms in total. The first-order valence-corrected chi connectivity index (χ1v) is 10.9. The lowest BCUT2D eigenvalue weighted by atomic mass is 9.98. The van der Waals surface area contributed by atoms with Crippen molar-refractivity contribution in [3.8, 4) is 11.1 Å². The molecule has 0 aliphatic heterocycles. The number of benzene rings is 3. The first kappa shape index (κ1) is 21.8. The van der Waals surface area contributed by atoms with E-state index >= 15 is 0 Å². The summed E-state index contributed by atoms with van der Waals surface area (Å²) in [6.07, 6.45) is 1.34. The Morgan fingerprint density at radius 2 is 1.47 bits per heavy atom. The quantitative estimate of drug-likeness (QED) is 0.467. The van der Waals surface area contributed by atoms with Crippen LogP contribution < -0.4 is 5.32 Å². The van der Waals surface area contributed by atoms with Crippen molar-refractivity contribution in [1.29, 1.82) is 0 Å². The number of carboxylic acid groups (broad SMARTS) is 1. The lowest BCUT2D eigenvalue weighted by molar-refractivity contribution is -0.143. The first-order valence-electron chi connectivity index (χ1n) is 10.9. The fraction of sp³-hybridized carbons (Fsp3) is 0.259. The van der Waals surface area contributed by atoms with E-state index in [9.17, 15) is 14.7 Å². The number of aliphatic carboxylic acids is 1. The Morgan fingerprint density at radius 3 is 2.09 bits per heavy atom. The van der Waals surface area contributed by atoms with Crippen LogP contribution in [0.5, 0.6) is 0 Å². The second-order valence-electron chi connectivity index (χ2n) is 8.11. The smallest absolute Gasteiger partial charge is 0.319 e. The van der Waals surface area contributed by atoms with Gasteiger partial charge in [0.05, 0.1) is 13.0 Å². The van der Waals surface area contributed by atoms with Crippen molar-refractivity contribution < 1.29 is 19.4 Å². The number of carboxylic acids is 1. The van der Waals surface area contributed by atoms with Gasteiger partial charge in [-0.2, -0.15) is 0 Å². The Morgan fingerprint density at radius 1 is 0.875 bits per heavy atom. The van der Waals surface area contributed by atoms with Gasteiger partial charge in [0.2, 0.25) is 0 Å². The summed E-state index contributed by atoms with van der Waals surface area (Å²) >= 11 is 0. The number of aryl methyl sites for hydroxylation is 1. The van der Waals surface area contributed by atoms with E-state index in [2.05, 4.69) is 29.6 Å². The van der Waals surface area contributed by atoms with Crippen LogP contribution in [0.4, 0.5) is 0 Å². The molecule has 0 fully saturated rings. The van der Waals surface area contributed by atoms with E-state index in [-0.39, 0.29) is 37.5 Å². The van der Waals surface area contributed by atoms with Gasteiger partial charge in [-0.05, 0) is 40.7 Å². The molecule has 1 aliphatic rings. The van der Waals surface area contributed by atoms with Gasteiger partial charge in [-0.25, -0.2) is 0 Å². The van der Waals surface area contributed by atoms with Crippen molar-refractivity contribution in [2.75, 3.05) is 13.2 Å². The van der Waals surface area contributed by atoms with Crippen LogP contribution >= 0.6 is 0 Å². The zero-order chi connectivity index (χ0) is 22.3. The lowest BCUT2D eigenvalue weighted by Crippen LogP contribution is -2.36. The Kier molecular flexibility index (Phi) is 6.97. The number of carbonyl (C=O) groups excluding carboxylic acids is 1. The second-order valence-corrected chi connectivity index (χ2v) is 8.11. The average Bonchev–Trinajstić information content (AvgIpc) is 3.13. The molecule has 3 aromatic rings. The Hall–Kier alpha value is -3.44. The highest BCUT2D eigenvalue weighted by molar-refractivity contribution is 5.79. The summed E-state index contributed by atoms with van der Waals surface area (Å²) in [7, 11) is 0. The number of ether oxygens (including phenoxy) is 1. The van der Waals surface area contributed by atoms with E-state index in [1.165, 1.54) is 22.3 Å². The summed E-state index contributed by atoms with van der Waals surface area (Å²) in [6.45, 7) is 0.255. The van der Waals surface area contributed by atoms with Crippen molar-refractivity contribution >= 4 is 11.9 Å². The third-order valence-electron chi connectivity index (χ3n) is 5.95. The number of hydrogen-bond acceptors (Lipinski definition) is 4. The maximum absolute atomic E-state index is 12.5. The van der Waals surface area contributed by atoms with Gasteiger partial charge in [-0.3, -0.25) is 9.59 Å². The molecular weight excluding hydrogens is 402 g/mol. The molecule has 5 heteroatoms. The zero-order valence-corrected chi connectivity index (χ0v) is 17.9. The summed E-state index contributed by atoms with van der Waals surface area (Å²) in [5, 5.41) is 12.3. The molecule has 0 heterocycles. The van der Waals surface area contributed by atoms with Crippen molar-refractivity contribution in [1.82, 2.24) is 5.32 Å². The molecule has 0 spiro atoms. The van der Waals surface area contributed by atoms with Crippen LogP contribution in [0.25, 0.3) is 11.1 Å². The SMILES string of the molecule is O=C(O)CC(CCc1ccccc1)NCC(=O)OCC1c2ccccc2-c2ccccc21. The standard InChI is InChI=1S/C27H27NO4/c29-26(30)16-20(15-14-19-8-2-1-3-9-19)28-17-27(31)32-18-25-23-12-6-4-10-21(23)22-11-5-7-13-24(22)25/h1-13,20,25,28H,14-18H2,(H,29,30). The third-order valence-corrected chi connectivity index (χ3v) is 5.95. The van der Waals surface area contributed by atoms with Gasteiger partial charge in [0.1, 0.15) is 6.61 Å². The molecule has 0 bridgehead atoms. The van der Waals surface area contributed by atoms with E-state index in [0.717, 1.165) is 12.0 Å². The molecular formula is C27H27NO4. The Balaban J connectivity index is 1.32. The van der Waals surface area contributed by atoms with Crippen molar-refractivity contribution in [2.24, 2.45) is 0 Å². The number of rotatable bonds is 10. The molecule has 1 atom stereocenters. The van der Waals surface area contributed by atoms with Crippen molar-refractivity contribution in [3.05, 3.63) is 95.6 Å². The van der Waals surface area contributed by atoms with Crippen LogP contribution in [0.3, 0.4) is 0 Å². The average molecular weight is 430 g/mol. The van der Waals surface area contributed by atoms with E-state index < -0.39 is 5.97 Å². The predicted octanol–water partition coefficient (Wildman–Crippen LogP) is 4.41. The summed E-state index contributed by atoms with van der Waals surface area (Å²) in [6, 6.07) is 26.0. The molecule has 0 aromatic heterocycles. The minimum atomic E-state index is -0.886. The third kappa shape index (κ3) is 5.24. The minimum absolute atomic E-state index is 0.0112. The molecule has 3 aromatic carbocycles. The van der Waals surface area contributed by atoms with Crippen LogP contribution in [-0.2, 0) is 20.7 Å². The number of fused-ring (bicyclic) bond motifs is 3. The largest absolute Gasteiger partial charge is 0.481 e. The molecule has 0 radical (unpaired) electrons. The maximum atomic E-state index is 12.5. The van der Waals surface area contributed by atoms with Gasteiger partial charge >= 0.3 is 11.9 Å².